The maximum absolute atomic E-state index is 5.32. The zero-order chi connectivity index (χ0) is 13.8. The Morgan fingerprint density at radius 2 is 2.20 bits per heavy atom. The zero-order valence-electron chi connectivity index (χ0n) is 10.9. The molecule has 0 aliphatic carbocycles. The fourth-order valence-corrected chi connectivity index (χ4v) is 2.53. The van der Waals surface area contributed by atoms with Crippen LogP contribution in [0.1, 0.15) is 5.76 Å². The molecule has 1 aromatic carbocycles. The van der Waals surface area contributed by atoms with Crippen molar-refractivity contribution in [3.05, 3.63) is 48.4 Å². The van der Waals surface area contributed by atoms with E-state index in [2.05, 4.69) is 15.5 Å². The first-order valence-corrected chi connectivity index (χ1v) is 7.06. The van der Waals surface area contributed by atoms with Crippen LogP contribution in [0.25, 0.3) is 0 Å². The molecule has 5 nitrogen and oxygen atoms in total. The third kappa shape index (κ3) is 2.70. The van der Waals surface area contributed by atoms with E-state index < -0.39 is 0 Å². The zero-order valence-corrected chi connectivity index (χ0v) is 11.7. The molecule has 2 aromatic rings. The summed E-state index contributed by atoms with van der Waals surface area (Å²) in [6.07, 6.45) is 1.64. The van der Waals surface area contributed by atoms with Crippen LogP contribution in [0.2, 0.25) is 0 Å². The minimum Gasteiger partial charge on any atom is -0.494 e. The van der Waals surface area contributed by atoms with Gasteiger partial charge in [-0.25, -0.2) is 4.99 Å². The van der Waals surface area contributed by atoms with Crippen molar-refractivity contribution < 1.29 is 9.15 Å². The lowest BCUT2D eigenvalue weighted by molar-refractivity contribution is 0.416. The van der Waals surface area contributed by atoms with Gasteiger partial charge in [-0.3, -0.25) is 5.43 Å². The molecule has 3 rings (SSSR count). The fraction of sp³-hybridized carbons (Fsp3) is 0.143. The molecule has 20 heavy (non-hydrogen) atoms. The number of nitrogens with zero attached hydrogens (tertiary/aromatic N) is 2. The number of nitrogens with one attached hydrogen (secondary N) is 1. The van der Waals surface area contributed by atoms with E-state index in [-0.39, 0.29) is 0 Å². The topological polar surface area (TPSA) is 59.1 Å². The average Bonchev–Trinajstić information content (AvgIpc) is 3.03. The normalized spacial score (nSPS) is 16.6. The Labute approximate surface area is 120 Å². The highest BCUT2D eigenvalue weighted by Gasteiger charge is 2.15. The summed E-state index contributed by atoms with van der Waals surface area (Å²) < 4.78 is 10.6. The standard InChI is InChI=1S/C14H13N3O2S/c1-18-12-6-3-2-5-10(12)15-14-17-16-11(9-20-14)13-7-4-8-19-13/h2-8H,9H2,1H3,(H,15,17). The van der Waals surface area contributed by atoms with Gasteiger partial charge in [0.05, 0.1) is 13.4 Å². The number of benzene rings is 1. The molecule has 1 aromatic heterocycles. The summed E-state index contributed by atoms with van der Waals surface area (Å²) in [6.45, 7) is 0. The van der Waals surface area contributed by atoms with Crippen LogP contribution < -0.4 is 10.2 Å². The van der Waals surface area contributed by atoms with E-state index in [1.165, 1.54) is 0 Å². The first kappa shape index (κ1) is 12.8. The van der Waals surface area contributed by atoms with E-state index in [1.54, 1.807) is 25.1 Å². The number of methoxy groups -OCH3 is 1. The molecule has 2 heterocycles. The van der Waals surface area contributed by atoms with Crippen molar-refractivity contribution in [2.75, 3.05) is 12.9 Å². The van der Waals surface area contributed by atoms with Crippen LogP contribution in [0.4, 0.5) is 5.69 Å². The van der Waals surface area contributed by atoms with Crippen LogP contribution in [0, 0.1) is 0 Å². The van der Waals surface area contributed by atoms with E-state index in [4.69, 9.17) is 9.15 Å². The summed E-state index contributed by atoms with van der Waals surface area (Å²) in [5.41, 5.74) is 4.60. The molecule has 102 valence electrons. The summed E-state index contributed by atoms with van der Waals surface area (Å²) in [7, 11) is 1.63. The molecule has 1 aliphatic rings. The maximum Gasteiger partial charge on any atom is 0.182 e. The lowest BCUT2D eigenvalue weighted by Gasteiger charge is -2.13. The van der Waals surface area contributed by atoms with Gasteiger partial charge in [0.25, 0.3) is 0 Å². The van der Waals surface area contributed by atoms with Gasteiger partial charge in [-0.2, -0.15) is 5.10 Å². The number of furan rings is 1. The van der Waals surface area contributed by atoms with Crippen LogP contribution >= 0.6 is 11.8 Å². The number of aliphatic imine (C=N–C) groups is 1. The van der Waals surface area contributed by atoms with Crippen molar-refractivity contribution in [1.29, 1.82) is 0 Å². The predicted octanol–water partition coefficient (Wildman–Crippen LogP) is 3.02. The Hall–Kier alpha value is -2.21. The molecule has 0 saturated carbocycles. The van der Waals surface area contributed by atoms with Crippen LogP contribution in [0.15, 0.2) is 57.2 Å². The number of hydrogen-bond acceptors (Lipinski definition) is 5. The fourth-order valence-electron chi connectivity index (χ4n) is 1.77. The molecule has 0 spiro atoms. The van der Waals surface area contributed by atoms with E-state index >= 15 is 0 Å². The molecule has 0 amide bonds. The van der Waals surface area contributed by atoms with Gasteiger partial charge < -0.3 is 9.15 Å². The van der Waals surface area contributed by atoms with Crippen molar-refractivity contribution in [2.45, 2.75) is 0 Å². The van der Waals surface area contributed by atoms with Crippen LogP contribution in [-0.4, -0.2) is 23.7 Å². The quantitative estimate of drug-likeness (QED) is 0.942. The molecule has 0 fully saturated rings. The van der Waals surface area contributed by atoms with Gasteiger partial charge in [-0.15, -0.1) is 0 Å². The van der Waals surface area contributed by atoms with Gasteiger partial charge >= 0.3 is 0 Å². The minimum absolute atomic E-state index is 0.717. The number of hydrazone groups is 1. The van der Waals surface area contributed by atoms with E-state index in [0.717, 1.165) is 28.1 Å². The molecule has 0 unspecified atom stereocenters. The highest BCUT2D eigenvalue weighted by atomic mass is 32.2. The highest BCUT2D eigenvalue weighted by Crippen LogP contribution is 2.28. The molecule has 0 radical (unpaired) electrons. The average molecular weight is 287 g/mol. The monoisotopic (exact) mass is 287 g/mol. The van der Waals surface area contributed by atoms with Gasteiger partial charge in [0.2, 0.25) is 0 Å². The highest BCUT2D eigenvalue weighted by molar-refractivity contribution is 8.14. The van der Waals surface area contributed by atoms with Crippen LogP contribution in [-0.2, 0) is 0 Å². The smallest absolute Gasteiger partial charge is 0.182 e. The van der Waals surface area contributed by atoms with Gasteiger partial charge in [-0.1, -0.05) is 23.9 Å². The predicted molar refractivity (Wildman–Crippen MR) is 80.9 cm³/mol. The van der Waals surface area contributed by atoms with Gasteiger partial charge in [0.1, 0.15) is 17.1 Å². The second-order valence-electron chi connectivity index (χ2n) is 4.03. The van der Waals surface area contributed by atoms with Crippen LogP contribution in [0.3, 0.4) is 0 Å². The first-order valence-electron chi connectivity index (χ1n) is 6.08. The summed E-state index contributed by atoms with van der Waals surface area (Å²) in [5.74, 6) is 2.23. The Morgan fingerprint density at radius 1 is 1.30 bits per heavy atom. The first-order chi connectivity index (χ1) is 9.86. The minimum atomic E-state index is 0.717. The largest absolute Gasteiger partial charge is 0.494 e. The SMILES string of the molecule is COc1ccccc1N=C1NN=C(c2ccco2)CS1. The Morgan fingerprint density at radius 3 is 2.90 bits per heavy atom. The van der Waals surface area contributed by atoms with E-state index in [9.17, 15) is 0 Å². The maximum atomic E-state index is 5.32. The second kappa shape index (κ2) is 5.83. The van der Waals surface area contributed by atoms with Crippen LogP contribution in [0.5, 0.6) is 5.75 Å². The summed E-state index contributed by atoms with van der Waals surface area (Å²) in [5, 5.41) is 5.03. The number of rotatable bonds is 3. The molecule has 0 saturated heterocycles. The summed E-state index contributed by atoms with van der Waals surface area (Å²) in [6, 6.07) is 11.4. The number of thioether (sulfide) groups is 1. The van der Waals surface area contributed by atoms with E-state index in [1.807, 2.05) is 36.4 Å². The lowest BCUT2D eigenvalue weighted by Crippen LogP contribution is -2.24. The van der Waals surface area contributed by atoms with Crippen molar-refractivity contribution in [3.8, 4) is 5.75 Å². The molecule has 0 atom stereocenters. The van der Waals surface area contributed by atoms with Gasteiger partial charge in [0.15, 0.2) is 10.9 Å². The molecule has 0 bridgehead atoms. The number of amidine groups is 1. The van der Waals surface area contributed by atoms with Gasteiger partial charge in [-0.05, 0) is 24.3 Å². The van der Waals surface area contributed by atoms with Gasteiger partial charge in [0, 0.05) is 5.75 Å². The summed E-state index contributed by atoms with van der Waals surface area (Å²) in [4.78, 5) is 4.51. The van der Waals surface area contributed by atoms with Crippen molar-refractivity contribution in [3.63, 3.8) is 0 Å². The molecular formula is C14H13N3O2S. The Balaban J connectivity index is 1.79. The van der Waals surface area contributed by atoms with E-state index in [0.29, 0.717) is 5.75 Å². The number of ether oxygens (including phenoxy) is 1. The third-order valence-corrected chi connectivity index (χ3v) is 3.62. The second-order valence-corrected chi connectivity index (χ2v) is 4.99. The molecule has 1 aliphatic heterocycles. The number of para-hydroxylation sites is 2. The number of hydrogen-bond donors (Lipinski definition) is 1. The third-order valence-electron chi connectivity index (χ3n) is 2.74. The van der Waals surface area contributed by atoms with Crippen molar-refractivity contribution in [2.24, 2.45) is 10.1 Å². The Kier molecular flexibility index (Phi) is 3.73. The Bertz CT molecular complexity index is 650. The lowest BCUT2D eigenvalue weighted by atomic mass is 10.3. The molecule has 1 N–H and O–H groups in total. The molecule has 6 heteroatoms. The van der Waals surface area contributed by atoms with Crippen molar-refractivity contribution in [1.82, 2.24) is 5.43 Å². The summed E-state index contributed by atoms with van der Waals surface area (Å²) >= 11 is 1.58. The van der Waals surface area contributed by atoms with Crippen molar-refractivity contribution >= 4 is 28.3 Å². The molecular weight excluding hydrogens is 274 g/mol.